The van der Waals surface area contributed by atoms with Gasteiger partial charge in [-0.25, -0.2) is 9.07 Å². The molecule has 0 bridgehead atoms. The summed E-state index contributed by atoms with van der Waals surface area (Å²) in [4.78, 5) is 0. The summed E-state index contributed by atoms with van der Waals surface area (Å²) < 4.78 is 16.4. The first-order valence-electron chi connectivity index (χ1n) is 5.62. The molecule has 1 N–H and O–H groups in total. The van der Waals surface area contributed by atoms with Gasteiger partial charge in [-0.1, -0.05) is 12.1 Å². The van der Waals surface area contributed by atoms with Gasteiger partial charge in [-0.15, -0.1) is 0 Å². The lowest BCUT2D eigenvalue weighted by molar-refractivity contribution is 0.198. The Hall–Kier alpha value is -1.20. The third kappa shape index (κ3) is 2.08. The number of para-hydroxylation sites is 1. The van der Waals surface area contributed by atoms with E-state index in [1.807, 2.05) is 13.8 Å². The normalized spacial score (nSPS) is 12.8. The molecule has 0 saturated carbocycles. The summed E-state index contributed by atoms with van der Waals surface area (Å²) in [6, 6.07) is 4.65. The largest absolute Gasteiger partial charge is 0.389 e. The second-order valence-electron chi connectivity index (χ2n) is 4.25. The number of aryl methyl sites for hydroxylation is 1. The molecular formula is C13H14BrFN2O. The molecule has 1 unspecified atom stereocenters. The van der Waals surface area contributed by atoms with Crippen LogP contribution in [0.15, 0.2) is 22.7 Å². The van der Waals surface area contributed by atoms with Crippen molar-refractivity contribution in [2.24, 2.45) is 0 Å². The first-order chi connectivity index (χ1) is 8.43. The Balaban J connectivity index is 2.74. The summed E-state index contributed by atoms with van der Waals surface area (Å²) in [6.07, 6.45) is -0.751. The van der Waals surface area contributed by atoms with Crippen LogP contribution < -0.4 is 0 Å². The zero-order chi connectivity index (χ0) is 13.4. The summed E-state index contributed by atoms with van der Waals surface area (Å²) >= 11 is 3.42. The summed E-state index contributed by atoms with van der Waals surface area (Å²) in [7, 11) is 0. The van der Waals surface area contributed by atoms with Crippen LogP contribution in [0.4, 0.5) is 4.39 Å². The molecule has 0 aliphatic rings. The molecule has 0 aliphatic carbocycles. The number of hydrogen-bond acceptors (Lipinski definition) is 2. The highest BCUT2D eigenvalue weighted by Gasteiger charge is 2.18. The van der Waals surface area contributed by atoms with E-state index in [4.69, 9.17) is 0 Å². The van der Waals surface area contributed by atoms with Crippen molar-refractivity contribution in [3.8, 4) is 5.69 Å². The number of halogens is 2. The Morgan fingerprint density at radius 2 is 2.06 bits per heavy atom. The molecule has 5 heteroatoms. The number of hydrogen-bond donors (Lipinski definition) is 1. The van der Waals surface area contributed by atoms with Gasteiger partial charge in [0.25, 0.3) is 0 Å². The van der Waals surface area contributed by atoms with Gasteiger partial charge in [-0.2, -0.15) is 5.10 Å². The maximum atomic E-state index is 14.0. The number of aliphatic hydroxyl groups excluding tert-OH is 1. The fraction of sp³-hybridized carbons (Fsp3) is 0.308. The van der Waals surface area contributed by atoms with Crippen LogP contribution in [-0.4, -0.2) is 14.9 Å². The van der Waals surface area contributed by atoms with E-state index < -0.39 is 11.9 Å². The average Bonchev–Trinajstić information content (AvgIpc) is 2.56. The highest BCUT2D eigenvalue weighted by Crippen LogP contribution is 2.29. The van der Waals surface area contributed by atoms with Crippen LogP contribution >= 0.6 is 15.9 Å². The van der Waals surface area contributed by atoms with E-state index in [1.165, 1.54) is 10.7 Å². The van der Waals surface area contributed by atoms with Crippen LogP contribution in [-0.2, 0) is 0 Å². The van der Waals surface area contributed by atoms with E-state index in [0.29, 0.717) is 11.3 Å². The number of aromatic nitrogens is 2. The maximum Gasteiger partial charge on any atom is 0.149 e. The summed E-state index contributed by atoms with van der Waals surface area (Å²) in [5.41, 5.74) is 2.42. The Morgan fingerprint density at radius 3 is 2.56 bits per heavy atom. The molecule has 0 saturated heterocycles. The van der Waals surface area contributed by atoms with Crippen molar-refractivity contribution in [1.82, 2.24) is 9.78 Å². The molecule has 0 aliphatic heterocycles. The van der Waals surface area contributed by atoms with Crippen LogP contribution in [0.2, 0.25) is 0 Å². The average molecular weight is 313 g/mol. The van der Waals surface area contributed by atoms with Gasteiger partial charge in [-0.05, 0) is 42.8 Å². The molecule has 1 aromatic carbocycles. The number of aliphatic hydroxyl groups is 1. The van der Waals surface area contributed by atoms with Crippen molar-refractivity contribution in [3.63, 3.8) is 0 Å². The zero-order valence-electron chi connectivity index (χ0n) is 10.4. The first kappa shape index (κ1) is 13.2. The van der Waals surface area contributed by atoms with Gasteiger partial charge in [0.2, 0.25) is 0 Å². The lowest BCUT2D eigenvalue weighted by atomic mass is 10.1. The van der Waals surface area contributed by atoms with Crippen molar-refractivity contribution in [1.29, 1.82) is 0 Å². The Bertz CT molecular complexity index is 593. The van der Waals surface area contributed by atoms with E-state index >= 15 is 0 Å². The molecule has 0 spiro atoms. The number of benzene rings is 1. The third-order valence-corrected chi connectivity index (χ3v) is 4.03. The topological polar surface area (TPSA) is 38.0 Å². The van der Waals surface area contributed by atoms with E-state index in [9.17, 15) is 9.50 Å². The minimum Gasteiger partial charge on any atom is -0.389 e. The molecule has 3 nitrogen and oxygen atoms in total. The Morgan fingerprint density at radius 1 is 1.39 bits per heavy atom. The number of rotatable bonds is 2. The highest BCUT2D eigenvalue weighted by atomic mass is 79.9. The van der Waals surface area contributed by atoms with Crippen molar-refractivity contribution in [2.45, 2.75) is 26.9 Å². The molecule has 96 valence electrons. The fourth-order valence-electron chi connectivity index (χ4n) is 1.93. The molecule has 0 radical (unpaired) electrons. The van der Waals surface area contributed by atoms with Crippen molar-refractivity contribution in [2.75, 3.05) is 0 Å². The van der Waals surface area contributed by atoms with Crippen LogP contribution in [0, 0.1) is 19.7 Å². The van der Waals surface area contributed by atoms with Crippen molar-refractivity contribution in [3.05, 3.63) is 45.4 Å². The van der Waals surface area contributed by atoms with Gasteiger partial charge in [-0.3, -0.25) is 0 Å². The van der Waals surface area contributed by atoms with E-state index in [0.717, 1.165) is 15.9 Å². The van der Waals surface area contributed by atoms with E-state index in [-0.39, 0.29) is 0 Å². The third-order valence-electron chi connectivity index (χ3n) is 2.88. The van der Waals surface area contributed by atoms with Crippen molar-refractivity contribution >= 4 is 15.9 Å². The predicted octanol–water partition coefficient (Wildman–Crippen LogP) is 3.44. The minimum absolute atomic E-state index is 0.304. The zero-order valence-corrected chi connectivity index (χ0v) is 12.0. The second-order valence-corrected chi connectivity index (χ2v) is 5.04. The first-order valence-corrected chi connectivity index (χ1v) is 6.41. The molecule has 0 fully saturated rings. The van der Waals surface area contributed by atoms with Gasteiger partial charge in [0, 0.05) is 5.56 Å². The van der Waals surface area contributed by atoms with Gasteiger partial charge in [0.15, 0.2) is 0 Å². The summed E-state index contributed by atoms with van der Waals surface area (Å²) in [6.45, 7) is 5.30. The summed E-state index contributed by atoms with van der Waals surface area (Å²) in [5, 5.41) is 14.0. The molecule has 2 aromatic rings. The Labute approximate surface area is 113 Å². The SMILES string of the molecule is Cc1nn(-c2c(F)cccc2C(C)O)c(C)c1Br. The van der Waals surface area contributed by atoms with E-state index in [1.54, 1.807) is 19.1 Å². The van der Waals surface area contributed by atoms with Gasteiger partial charge in [0.05, 0.1) is 22.0 Å². The monoisotopic (exact) mass is 312 g/mol. The van der Waals surface area contributed by atoms with Crippen LogP contribution in [0.3, 0.4) is 0 Å². The van der Waals surface area contributed by atoms with Crippen LogP contribution in [0.1, 0.15) is 30.0 Å². The Kier molecular flexibility index (Phi) is 3.54. The standard InChI is InChI=1S/C13H14BrFN2O/c1-7-12(14)8(2)17(16-7)13-10(9(3)18)5-4-6-11(13)15/h4-6,9,18H,1-3H3. The van der Waals surface area contributed by atoms with Gasteiger partial charge < -0.3 is 5.11 Å². The molecular weight excluding hydrogens is 299 g/mol. The predicted molar refractivity (Wildman–Crippen MR) is 71.3 cm³/mol. The van der Waals surface area contributed by atoms with Crippen LogP contribution in [0.5, 0.6) is 0 Å². The van der Waals surface area contributed by atoms with Crippen LogP contribution in [0.25, 0.3) is 5.69 Å². The van der Waals surface area contributed by atoms with Gasteiger partial charge >= 0.3 is 0 Å². The second kappa shape index (κ2) is 4.82. The molecule has 1 atom stereocenters. The van der Waals surface area contributed by atoms with E-state index in [2.05, 4.69) is 21.0 Å². The van der Waals surface area contributed by atoms with Crippen molar-refractivity contribution < 1.29 is 9.50 Å². The van der Waals surface area contributed by atoms with Gasteiger partial charge in [0.1, 0.15) is 11.5 Å². The fourth-order valence-corrected chi connectivity index (χ4v) is 2.18. The molecule has 2 rings (SSSR count). The lowest BCUT2D eigenvalue weighted by Crippen LogP contribution is -2.08. The minimum atomic E-state index is -0.751. The smallest absolute Gasteiger partial charge is 0.149 e. The molecule has 1 aromatic heterocycles. The maximum absolute atomic E-state index is 14.0. The highest BCUT2D eigenvalue weighted by molar-refractivity contribution is 9.10. The molecule has 18 heavy (non-hydrogen) atoms. The lowest BCUT2D eigenvalue weighted by Gasteiger charge is -2.14. The summed E-state index contributed by atoms with van der Waals surface area (Å²) in [5.74, 6) is -0.397. The molecule has 0 amide bonds. The number of nitrogens with zero attached hydrogens (tertiary/aromatic N) is 2. The molecule has 1 heterocycles. The quantitative estimate of drug-likeness (QED) is 0.922.